The van der Waals surface area contributed by atoms with Crippen LogP contribution in [0.4, 0.5) is 0 Å². The first-order valence-electron chi connectivity index (χ1n) is 18.0. The van der Waals surface area contributed by atoms with Crippen molar-refractivity contribution in [2.75, 3.05) is 14.1 Å². The zero-order chi connectivity index (χ0) is 32.1. The van der Waals surface area contributed by atoms with Crippen LogP contribution < -0.4 is 0 Å². The molecule has 4 rings (SSSR count). The third-order valence-corrected chi connectivity index (χ3v) is 11.5. The van der Waals surface area contributed by atoms with Crippen molar-refractivity contribution < 1.29 is 33.3 Å². The first-order chi connectivity index (χ1) is 20.9. The highest BCUT2D eigenvalue weighted by Gasteiger charge is 2.46. The molecule has 44 heavy (non-hydrogen) atoms. The molecule has 0 N–H and O–H groups in total. The van der Waals surface area contributed by atoms with Gasteiger partial charge in [-0.3, -0.25) is 9.59 Å². The number of carbonyl (C=O) groups is 2. The van der Waals surface area contributed by atoms with Gasteiger partial charge in [0.05, 0.1) is 48.5 Å². The number of carbonyl (C=O) groups excluding carboxylic acids is 2. The maximum absolute atomic E-state index is 13.8. The van der Waals surface area contributed by atoms with Gasteiger partial charge in [-0.1, -0.05) is 47.5 Å². The van der Waals surface area contributed by atoms with Crippen LogP contribution in [-0.4, -0.2) is 85.8 Å². The predicted octanol–water partition coefficient (Wildman–Crippen LogP) is 6.57. The molecule has 4 fully saturated rings. The summed E-state index contributed by atoms with van der Waals surface area (Å²) in [5, 5.41) is 0. The predicted molar refractivity (Wildman–Crippen MR) is 171 cm³/mol. The van der Waals surface area contributed by atoms with Crippen molar-refractivity contribution in [3.05, 3.63) is 0 Å². The Labute approximate surface area is 267 Å². The fourth-order valence-corrected chi connectivity index (χ4v) is 8.28. The average Bonchev–Trinajstić information content (AvgIpc) is 3.78. The lowest BCUT2D eigenvalue weighted by atomic mass is 9.84. The minimum Gasteiger partial charge on any atom is -0.462 e. The molecule has 4 aliphatic rings. The van der Waals surface area contributed by atoms with E-state index in [1.165, 1.54) is 0 Å². The van der Waals surface area contributed by atoms with Gasteiger partial charge in [-0.25, -0.2) is 0 Å². The van der Waals surface area contributed by atoms with E-state index < -0.39 is 0 Å². The largest absolute Gasteiger partial charge is 0.462 e. The van der Waals surface area contributed by atoms with Gasteiger partial charge in [0.15, 0.2) is 0 Å². The van der Waals surface area contributed by atoms with Crippen LogP contribution in [0, 0.1) is 29.6 Å². The van der Waals surface area contributed by atoms with Gasteiger partial charge in [-0.2, -0.15) is 0 Å². The molecule has 0 aromatic heterocycles. The first kappa shape index (κ1) is 35.6. The molecule has 0 saturated carbocycles. The standard InChI is InChI=1S/C36H63NO7/c1-10-12-26(37(8)9)20-27-14-15-30(40-27)22(4)34-23(5)31-17-19-32(42-31)24(6)35(38)43-28(13-11-2)21(3)29-16-18-33(41-29)25(7)36(39)44-34/h21-34H,10-20H2,1-9H3/t21-,22+,23+,24+,25-,26+,27-,28-,29-,30+,31-,32+,33+,34-/m0/s1. The van der Waals surface area contributed by atoms with Crippen LogP contribution in [0.25, 0.3) is 0 Å². The van der Waals surface area contributed by atoms with Crippen LogP contribution in [0.1, 0.15) is 119 Å². The number of nitrogens with zero attached hydrogens (tertiary/aromatic N) is 1. The van der Waals surface area contributed by atoms with Gasteiger partial charge in [-0.15, -0.1) is 0 Å². The molecule has 4 saturated heterocycles. The van der Waals surface area contributed by atoms with Gasteiger partial charge in [0.25, 0.3) is 0 Å². The molecule has 0 aliphatic carbocycles. The van der Waals surface area contributed by atoms with E-state index in [9.17, 15) is 9.59 Å². The van der Waals surface area contributed by atoms with Crippen molar-refractivity contribution in [3.8, 4) is 0 Å². The van der Waals surface area contributed by atoms with Crippen LogP contribution in [0.3, 0.4) is 0 Å². The van der Waals surface area contributed by atoms with Crippen molar-refractivity contribution >= 4 is 11.9 Å². The van der Waals surface area contributed by atoms with E-state index in [4.69, 9.17) is 23.7 Å². The molecule has 4 heterocycles. The minimum absolute atomic E-state index is 0.0196. The van der Waals surface area contributed by atoms with Gasteiger partial charge in [0, 0.05) is 23.8 Å². The molecule has 4 aliphatic heterocycles. The Morgan fingerprint density at radius 1 is 0.727 bits per heavy atom. The molecule has 4 bridgehead atoms. The van der Waals surface area contributed by atoms with Gasteiger partial charge >= 0.3 is 11.9 Å². The fraction of sp³-hybridized carbons (Fsp3) is 0.944. The lowest BCUT2D eigenvalue weighted by molar-refractivity contribution is -0.177. The number of fused-ring (bicyclic) bond motifs is 4. The summed E-state index contributed by atoms with van der Waals surface area (Å²) in [6.07, 6.45) is 9.49. The lowest BCUT2D eigenvalue weighted by Crippen LogP contribution is -2.45. The van der Waals surface area contributed by atoms with Crippen molar-refractivity contribution in [3.63, 3.8) is 0 Å². The normalized spacial score (nSPS) is 41.9. The van der Waals surface area contributed by atoms with Crippen LogP contribution in [-0.2, 0) is 33.3 Å². The molecule has 14 atom stereocenters. The lowest BCUT2D eigenvalue weighted by Gasteiger charge is -2.37. The second-order valence-corrected chi connectivity index (χ2v) is 14.9. The third kappa shape index (κ3) is 8.38. The first-order valence-corrected chi connectivity index (χ1v) is 18.0. The van der Waals surface area contributed by atoms with Gasteiger partial charge < -0.3 is 28.6 Å². The number of esters is 2. The van der Waals surface area contributed by atoms with Crippen molar-refractivity contribution in [1.82, 2.24) is 4.90 Å². The Kier molecular flexibility index (Phi) is 13.0. The van der Waals surface area contributed by atoms with E-state index in [1.807, 2.05) is 13.8 Å². The van der Waals surface area contributed by atoms with Crippen molar-refractivity contribution in [2.24, 2.45) is 29.6 Å². The molecular weight excluding hydrogens is 558 g/mol. The maximum Gasteiger partial charge on any atom is 0.311 e. The molecule has 0 aromatic carbocycles. The second kappa shape index (κ2) is 16.1. The molecular formula is C36H63NO7. The SMILES string of the molecule is CCC[C@H](C[C@@H]1CC[C@H]([C@@H](C)[C@@H]2OC(=O)[C@@H](C)[C@H]3CC[C@H](O3)[C@@H](C)[C@H](CCC)OC(=O)[C@H](C)[C@H]3CC[C@H](O3)[C@H]2C)O1)N(C)C. The highest BCUT2D eigenvalue weighted by atomic mass is 16.6. The van der Waals surface area contributed by atoms with Crippen molar-refractivity contribution in [1.29, 1.82) is 0 Å². The summed E-state index contributed by atoms with van der Waals surface area (Å²) in [6, 6.07) is 0.506. The summed E-state index contributed by atoms with van der Waals surface area (Å²) in [5.74, 6) is -1.06. The van der Waals surface area contributed by atoms with Gasteiger partial charge in [-0.05, 0) is 85.7 Å². The van der Waals surface area contributed by atoms with Gasteiger partial charge in [0.1, 0.15) is 12.2 Å². The third-order valence-electron chi connectivity index (χ3n) is 11.5. The summed E-state index contributed by atoms with van der Waals surface area (Å²) < 4.78 is 32.5. The van der Waals surface area contributed by atoms with E-state index in [0.717, 1.165) is 70.6 Å². The van der Waals surface area contributed by atoms with Crippen LogP contribution >= 0.6 is 0 Å². The summed E-state index contributed by atoms with van der Waals surface area (Å²) in [4.78, 5) is 29.5. The monoisotopic (exact) mass is 621 g/mol. The Bertz CT molecular complexity index is 928. The van der Waals surface area contributed by atoms with E-state index in [0.29, 0.717) is 6.04 Å². The van der Waals surface area contributed by atoms with Crippen molar-refractivity contribution in [2.45, 2.75) is 174 Å². The Hall–Kier alpha value is -1.22. The Morgan fingerprint density at radius 3 is 1.86 bits per heavy atom. The maximum atomic E-state index is 13.8. The summed E-state index contributed by atoms with van der Waals surface area (Å²) in [7, 11) is 4.32. The van der Waals surface area contributed by atoms with E-state index in [2.05, 4.69) is 53.6 Å². The highest BCUT2D eigenvalue weighted by Crippen LogP contribution is 2.40. The quantitative estimate of drug-likeness (QED) is 0.268. The second-order valence-electron chi connectivity index (χ2n) is 14.9. The van der Waals surface area contributed by atoms with Crippen LogP contribution in [0.5, 0.6) is 0 Å². The Balaban J connectivity index is 1.53. The summed E-state index contributed by atoms with van der Waals surface area (Å²) in [6.45, 7) is 14.7. The Morgan fingerprint density at radius 2 is 1.30 bits per heavy atom. The molecule has 0 radical (unpaired) electrons. The van der Waals surface area contributed by atoms with E-state index in [-0.39, 0.29) is 90.4 Å². The average molecular weight is 622 g/mol. The number of cyclic esters (lactones) is 2. The molecule has 0 aromatic rings. The topological polar surface area (TPSA) is 83.5 Å². The van der Waals surface area contributed by atoms with E-state index in [1.54, 1.807) is 0 Å². The molecule has 254 valence electrons. The number of ether oxygens (including phenoxy) is 5. The smallest absolute Gasteiger partial charge is 0.311 e. The zero-order valence-corrected chi connectivity index (χ0v) is 29.2. The summed E-state index contributed by atoms with van der Waals surface area (Å²) in [5.41, 5.74) is 0. The zero-order valence-electron chi connectivity index (χ0n) is 29.2. The molecule has 8 nitrogen and oxygen atoms in total. The molecule has 0 amide bonds. The molecule has 0 unspecified atom stereocenters. The highest BCUT2D eigenvalue weighted by molar-refractivity contribution is 5.73. The van der Waals surface area contributed by atoms with Crippen LogP contribution in [0.2, 0.25) is 0 Å². The fourth-order valence-electron chi connectivity index (χ4n) is 8.28. The summed E-state index contributed by atoms with van der Waals surface area (Å²) >= 11 is 0. The van der Waals surface area contributed by atoms with E-state index >= 15 is 0 Å². The number of rotatable bonds is 9. The number of hydrogen-bond acceptors (Lipinski definition) is 8. The van der Waals surface area contributed by atoms with Gasteiger partial charge in [0.2, 0.25) is 0 Å². The van der Waals surface area contributed by atoms with Crippen LogP contribution in [0.15, 0.2) is 0 Å². The number of hydrogen-bond donors (Lipinski definition) is 0. The molecule has 8 heteroatoms. The molecule has 0 spiro atoms. The minimum atomic E-state index is -0.376.